The zero-order chi connectivity index (χ0) is 10.6. The van der Waals surface area contributed by atoms with Crippen LogP contribution >= 0.6 is 0 Å². The molecule has 1 radical (unpaired) electrons. The molecule has 0 aromatic heterocycles. The topological polar surface area (TPSA) is 20.2 Å². The lowest BCUT2D eigenvalue weighted by atomic mass is 9.67. The lowest BCUT2D eigenvalue weighted by Gasteiger charge is -2.37. The molecule has 1 saturated carbocycles. The Balaban J connectivity index is 2.25. The van der Waals surface area contributed by atoms with Crippen LogP contribution < -0.4 is 0 Å². The van der Waals surface area contributed by atoms with E-state index in [-0.39, 0.29) is 5.41 Å². The van der Waals surface area contributed by atoms with E-state index in [0.717, 1.165) is 6.42 Å². The molecule has 0 bridgehead atoms. The van der Waals surface area contributed by atoms with Crippen LogP contribution in [0.5, 0.6) is 0 Å². The highest BCUT2D eigenvalue weighted by atomic mass is 16.3. The average Bonchev–Trinajstić information content (AvgIpc) is 2.32. The van der Waals surface area contributed by atoms with Gasteiger partial charge in [0.25, 0.3) is 0 Å². The van der Waals surface area contributed by atoms with Crippen molar-refractivity contribution in [2.75, 3.05) is 6.61 Å². The highest BCUT2D eigenvalue weighted by molar-refractivity contribution is 5.25. The molecule has 2 rings (SSSR count). The Morgan fingerprint density at radius 1 is 1.13 bits per heavy atom. The minimum absolute atomic E-state index is 0.252. The van der Waals surface area contributed by atoms with Crippen molar-refractivity contribution in [1.82, 2.24) is 0 Å². The maximum absolute atomic E-state index is 9.24. The molecule has 1 aliphatic carbocycles. The van der Waals surface area contributed by atoms with Gasteiger partial charge in [0.05, 0.1) is 0 Å². The SMILES string of the molecule is OCCC1(c2cc[c]cc2)CCCCC1. The number of hydrogen-bond donors (Lipinski definition) is 1. The molecule has 0 saturated heterocycles. The standard InChI is InChI=1S/C14H19O/c15-12-11-14(9-5-2-6-10-14)13-7-3-1-4-8-13/h3-4,7-8,15H,2,5-6,9-12H2. The van der Waals surface area contributed by atoms with E-state index in [2.05, 4.69) is 18.2 Å². The smallest absolute Gasteiger partial charge is 0.0439 e. The Morgan fingerprint density at radius 2 is 1.80 bits per heavy atom. The van der Waals surface area contributed by atoms with Crippen molar-refractivity contribution in [1.29, 1.82) is 0 Å². The molecule has 0 spiro atoms. The summed E-state index contributed by atoms with van der Waals surface area (Å²) in [6.45, 7) is 0.304. The molecule has 1 aromatic rings. The molecule has 1 N–H and O–H groups in total. The van der Waals surface area contributed by atoms with Crippen LogP contribution in [-0.2, 0) is 5.41 Å². The third-order valence-electron chi connectivity index (χ3n) is 3.73. The van der Waals surface area contributed by atoms with Crippen molar-refractivity contribution >= 4 is 0 Å². The second-order valence-corrected chi connectivity index (χ2v) is 4.60. The number of rotatable bonds is 3. The molecule has 1 aliphatic rings. The van der Waals surface area contributed by atoms with Crippen molar-refractivity contribution in [2.24, 2.45) is 0 Å². The molecular weight excluding hydrogens is 184 g/mol. The van der Waals surface area contributed by atoms with Gasteiger partial charge >= 0.3 is 0 Å². The molecule has 1 heteroatoms. The number of hydrogen-bond acceptors (Lipinski definition) is 1. The van der Waals surface area contributed by atoms with Gasteiger partial charge in [-0.05, 0) is 36.3 Å². The molecule has 0 aliphatic heterocycles. The molecular formula is C14H19O. The second-order valence-electron chi connectivity index (χ2n) is 4.60. The number of aliphatic hydroxyl groups excluding tert-OH is 1. The lowest BCUT2D eigenvalue weighted by molar-refractivity contribution is 0.197. The van der Waals surface area contributed by atoms with Gasteiger partial charge in [0.2, 0.25) is 0 Å². The van der Waals surface area contributed by atoms with Gasteiger partial charge in [-0.2, -0.15) is 0 Å². The first-order chi connectivity index (χ1) is 7.37. The third-order valence-corrected chi connectivity index (χ3v) is 3.73. The van der Waals surface area contributed by atoms with Crippen molar-refractivity contribution in [3.05, 3.63) is 35.9 Å². The molecule has 0 unspecified atom stereocenters. The van der Waals surface area contributed by atoms with Gasteiger partial charge in [-0.3, -0.25) is 0 Å². The molecule has 0 amide bonds. The lowest BCUT2D eigenvalue weighted by Crippen LogP contribution is -2.30. The fourth-order valence-corrected chi connectivity index (χ4v) is 2.87. The summed E-state index contributed by atoms with van der Waals surface area (Å²) in [5.41, 5.74) is 1.65. The fourth-order valence-electron chi connectivity index (χ4n) is 2.87. The molecule has 81 valence electrons. The van der Waals surface area contributed by atoms with E-state index in [0.29, 0.717) is 6.61 Å². The first kappa shape index (κ1) is 10.7. The minimum Gasteiger partial charge on any atom is -0.396 e. The van der Waals surface area contributed by atoms with E-state index in [1.54, 1.807) is 0 Å². The van der Waals surface area contributed by atoms with Gasteiger partial charge in [0.1, 0.15) is 0 Å². The van der Waals surface area contributed by atoms with Crippen molar-refractivity contribution in [2.45, 2.75) is 43.9 Å². The first-order valence-corrected chi connectivity index (χ1v) is 5.95. The quantitative estimate of drug-likeness (QED) is 0.800. The van der Waals surface area contributed by atoms with Crippen LogP contribution in [0.1, 0.15) is 44.1 Å². The third kappa shape index (κ3) is 2.23. The first-order valence-electron chi connectivity index (χ1n) is 5.95. The van der Waals surface area contributed by atoms with Crippen LogP contribution in [0.3, 0.4) is 0 Å². The Kier molecular flexibility index (Phi) is 3.42. The Morgan fingerprint density at radius 3 is 2.40 bits per heavy atom. The van der Waals surface area contributed by atoms with E-state index in [9.17, 15) is 5.11 Å². The number of aliphatic hydroxyl groups is 1. The summed E-state index contributed by atoms with van der Waals surface area (Å²) < 4.78 is 0. The summed E-state index contributed by atoms with van der Waals surface area (Å²) in [6.07, 6.45) is 7.34. The molecule has 0 heterocycles. The molecule has 1 nitrogen and oxygen atoms in total. The van der Waals surface area contributed by atoms with Crippen LogP contribution in [0, 0.1) is 6.07 Å². The van der Waals surface area contributed by atoms with Crippen LogP contribution in [-0.4, -0.2) is 11.7 Å². The van der Waals surface area contributed by atoms with Crippen molar-refractivity contribution in [3.8, 4) is 0 Å². The largest absolute Gasteiger partial charge is 0.396 e. The monoisotopic (exact) mass is 203 g/mol. The van der Waals surface area contributed by atoms with Crippen molar-refractivity contribution < 1.29 is 5.11 Å². The predicted molar refractivity (Wildman–Crippen MR) is 61.7 cm³/mol. The Labute approximate surface area is 92.1 Å². The van der Waals surface area contributed by atoms with Crippen LogP contribution in [0.4, 0.5) is 0 Å². The summed E-state index contributed by atoms with van der Waals surface area (Å²) in [6, 6.07) is 11.4. The normalized spacial score (nSPS) is 20.1. The minimum atomic E-state index is 0.252. The highest BCUT2D eigenvalue weighted by Gasteiger charge is 2.32. The predicted octanol–water partition coefficient (Wildman–Crippen LogP) is 3.07. The summed E-state index contributed by atoms with van der Waals surface area (Å²) in [5.74, 6) is 0. The Bertz CT molecular complexity index is 280. The molecule has 15 heavy (non-hydrogen) atoms. The summed E-state index contributed by atoms with van der Waals surface area (Å²) in [7, 11) is 0. The van der Waals surface area contributed by atoms with Gasteiger partial charge in [0.15, 0.2) is 0 Å². The summed E-state index contributed by atoms with van der Waals surface area (Å²) in [5, 5.41) is 9.24. The van der Waals surface area contributed by atoms with Crippen LogP contribution in [0.2, 0.25) is 0 Å². The van der Waals surface area contributed by atoms with E-state index >= 15 is 0 Å². The maximum atomic E-state index is 9.24. The van der Waals surface area contributed by atoms with Gasteiger partial charge in [0, 0.05) is 6.61 Å². The van der Waals surface area contributed by atoms with Crippen LogP contribution in [0.25, 0.3) is 0 Å². The highest BCUT2D eigenvalue weighted by Crippen LogP contribution is 2.41. The van der Waals surface area contributed by atoms with E-state index in [1.165, 1.54) is 37.7 Å². The van der Waals surface area contributed by atoms with E-state index < -0.39 is 0 Å². The van der Waals surface area contributed by atoms with Gasteiger partial charge in [-0.1, -0.05) is 43.5 Å². The van der Waals surface area contributed by atoms with Gasteiger partial charge in [-0.25, -0.2) is 0 Å². The second kappa shape index (κ2) is 4.80. The van der Waals surface area contributed by atoms with Gasteiger partial charge < -0.3 is 5.11 Å². The zero-order valence-electron chi connectivity index (χ0n) is 9.21. The van der Waals surface area contributed by atoms with E-state index in [4.69, 9.17) is 0 Å². The van der Waals surface area contributed by atoms with Gasteiger partial charge in [-0.15, -0.1) is 0 Å². The van der Waals surface area contributed by atoms with E-state index in [1.807, 2.05) is 12.1 Å². The maximum Gasteiger partial charge on any atom is 0.0439 e. The summed E-state index contributed by atoms with van der Waals surface area (Å²) in [4.78, 5) is 0. The fraction of sp³-hybridized carbons (Fsp3) is 0.571. The summed E-state index contributed by atoms with van der Waals surface area (Å²) >= 11 is 0. The number of benzene rings is 1. The average molecular weight is 203 g/mol. The van der Waals surface area contributed by atoms with Crippen LogP contribution in [0.15, 0.2) is 24.3 Å². The van der Waals surface area contributed by atoms with Crippen molar-refractivity contribution in [3.63, 3.8) is 0 Å². The molecule has 0 atom stereocenters. The molecule has 1 aromatic carbocycles. The zero-order valence-corrected chi connectivity index (χ0v) is 9.21. The molecule has 1 fully saturated rings. The Hall–Kier alpha value is -0.820.